The fourth-order valence-electron chi connectivity index (χ4n) is 2.08. The molecule has 0 aliphatic heterocycles. The van der Waals surface area contributed by atoms with Crippen molar-refractivity contribution in [1.29, 1.82) is 0 Å². The maximum absolute atomic E-state index is 11.9. The number of carbonyl (C=O) groups excluding carboxylic acids is 1. The number of sulfone groups is 1. The molecule has 16 heavy (non-hydrogen) atoms. The zero-order valence-corrected chi connectivity index (χ0v) is 11.4. The molecule has 0 amide bonds. The van der Waals surface area contributed by atoms with E-state index in [9.17, 15) is 13.2 Å². The summed E-state index contributed by atoms with van der Waals surface area (Å²) in [4.78, 5) is 11.4. The van der Waals surface area contributed by atoms with Gasteiger partial charge < -0.3 is 0 Å². The standard InChI is InChI=1S/C12H22O3S/c1-9-10(5-6-11(9)13)7-8-16(14,15)12(2,3)4/h9-10H,5-8H2,1-4H3. The second-order valence-electron chi connectivity index (χ2n) is 5.77. The Bertz CT molecular complexity index is 362. The average Bonchev–Trinajstić information content (AvgIpc) is 2.43. The van der Waals surface area contributed by atoms with E-state index in [0.29, 0.717) is 12.8 Å². The average molecular weight is 246 g/mol. The van der Waals surface area contributed by atoms with Crippen LogP contribution in [0.4, 0.5) is 0 Å². The summed E-state index contributed by atoms with van der Waals surface area (Å²) in [6.07, 6.45) is 2.12. The van der Waals surface area contributed by atoms with Crippen LogP contribution in [0.15, 0.2) is 0 Å². The van der Waals surface area contributed by atoms with E-state index in [4.69, 9.17) is 0 Å². The first-order valence-electron chi connectivity index (χ1n) is 5.90. The Hall–Kier alpha value is -0.380. The molecule has 1 fully saturated rings. The van der Waals surface area contributed by atoms with Gasteiger partial charge in [-0.25, -0.2) is 8.42 Å². The van der Waals surface area contributed by atoms with Crippen molar-refractivity contribution in [3.05, 3.63) is 0 Å². The summed E-state index contributed by atoms with van der Waals surface area (Å²) in [6.45, 7) is 7.10. The first-order chi connectivity index (χ1) is 7.15. The molecule has 0 aromatic carbocycles. The molecule has 1 aliphatic rings. The molecular formula is C12H22O3S. The van der Waals surface area contributed by atoms with Crippen LogP contribution in [0, 0.1) is 11.8 Å². The summed E-state index contributed by atoms with van der Waals surface area (Å²) in [6, 6.07) is 0. The number of hydrogen-bond acceptors (Lipinski definition) is 3. The largest absolute Gasteiger partial charge is 0.299 e. The predicted octanol–water partition coefficient (Wildman–Crippen LogP) is 2.21. The van der Waals surface area contributed by atoms with Gasteiger partial charge in [-0.15, -0.1) is 0 Å². The second kappa shape index (κ2) is 4.47. The summed E-state index contributed by atoms with van der Waals surface area (Å²) in [7, 11) is -3.04. The van der Waals surface area contributed by atoms with E-state index in [2.05, 4.69) is 0 Å². The Balaban J connectivity index is 2.57. The Morgan fingerprint density at radius 3 is 2.25 bits per heavy atom. The van der Waals surface area contributed by atoms with Gasteiger partial charge in [0.25, 0.3) is 0 Å². The molecule has 3 nitrogen and oxygen atoms in total. The first kappa shape index (κ1) is 13.7. The zero-order chi connectivity index (χ0) is 12.6. The topological polar surface area (TPSA) is 51.2 Å². The molecule has 0 radical (unpaired) electrons. The van der Waals surface area contributed by atoms with E-state index < -0.39 is 14.6 Å². The normalized spacial score (nSPS) is 27.4. The number of hydrogen-bond donors (Lipinski definition) is 0. The van der Waals surface area contributed by atoms with Crippen molar-refractivity contribution >= 4 is 15.6 Å². The Morgan fingerprint density at radius 1 is 1.31 bits per heavy atom. The molecule has 0 N–H and O–H groups in total. The van der Waals surface area contributed by atoms with Crippen LogP contribution in [-0.4, -0.2) is 24.7 Å². The molecule has 0 heterocycles. The highest BCUT2D eigenvalue weighted by molar-refractivity contribution is 7.92. The molecule has 0 bridgehead atoms. The molecule has 4 heteroatoms. The highest BCUT2D eigenvalue weighted by Crippen LogP contribution is 2.32. The van der Waals surface area contributed by atoms with Crippen LogP contribution >= 0.6 is 0 Å². The Kier molecular flexibility index (Phi) is 3.83. The van der Waals surface area contributed by atoms with Crippen molar-refractivity contribution in [2.75, 3.05) is 5.75 Å². The van der Waals surface area contributed by atoms with Crippen molar-refractivity contribution < 1.29 is 13.2 Å². The van der Waals surface area contributed by atoms with Crippen LogP contribution in [0.3, 0.4) is 0 Å². The number of carbonyl (C=O) groups is 1. The molecule has 0 aromatic heterocycles. The second-order valence-corrected chi connectivity index (χ2v) is 8.64. The summed E-state index contributed by atoms with van der Waals surface area (Å²) in [5.41, 5.74) is 0. The minimum Gasteiger partial charge on any atom is -0.299 e. The molecule has 2 atom stereocenters. The number of rotatable bonds is 3. The van der Waals surface area contributed by atoms with Crippen molar-refractivity contribution in [2.45, 2.75) is 51.7 Å². The zero-order valence-electron chi connectivity index (χ0n) is 10.6. The van der Waals surface area contributed by atoms with Crippen LogP contribution in [0.5, 0.6) is 0 Å². The van der Waals surface area contributed by atoms with Crippen molar-refractivity contribution in [1.82, 2.24) is 0 Å². The summed E-state index contributed by atoms with van der Waals surface area (Å²) in [5, 5.41) is 0. The lowest BCUT2D eigenvalue weighted by Gasteiger charge is -2.21. The van der Waals surface area contributed by atoms with Crippen LogP contribution in [0.25, 0.3) is 0 Å². The van der Waals surface area contributed by atoms with Gasteiger partial charge in [0.2, 0.25) is 0 Å². The fourth-order valence-corrected chi connectivity index (χ4v) is 3.30. The molecule has 1 rings (SSSR count). The van der Waals surface area contributed by atoms with E-state index in [-0.39, 0.29) is 23.4 Å². The lowest BCUT2D eigenvalue weighted by atomic mass is 9.95. The SMILES string of the molecule is CC1C(=O)CCC1CCS(=O)(=O)C(C)(C)C. The van der Waals surface area contributed by atoms with Crippen LogP contribution in [0.1, 0.15) is 47.0 Å². The van der Waals surface area contributed by atoms with Gasteiger partial charge in [0, 0.05) is 12.3 Å². The maximum atomic E-state index is 11.9. The van der Waals surface area contributed by atoms with Gasteiger partial charge in [-0.3, -0.25) is 4.79 Å². The number of ketones is 1. The summed E-state index contributed by atoms with van der Waals surface area (Å²) in [5.74, 6) is 0.816. The molecule has 1 saturated carbocycles. The van der Waals surface area contributed by atoms with Crippen molar-refractivity contribution in [3.8, 4) is 0 Å². The van der Waals surface area contributed by atoms with E-state index in [1.165, 1.54) is 0 Å². The lowest BCUT2D eigenvalue weighted by molar-refractivity contribution is -0.120. The van der Waals surface area contributed by atoms with Crippen LogP contribution in [0.2, 0.25) is 0 Å². The molecule has 94 valence electrons. The third-order valence-corrected chi connectivity index (χ3v) is 6.31. The molecule has 0 aromatic rings. The van der Waals surface area contributed by atoms with Crippen LogP contribution < -0.4 is 0 Å². The smallest absolute Gasteiger partial charge is 0.155 e. The Morgan fingerprint density at radius 2 is 1.88 bits per heavy atom. The van der Waals surface area contributed by atoms with Gasteiger partial charge in [0.05, 0.1) is 10.5 Å². The van der Waals surface area contributed by atoms with Gasteiger partial charge in [-0.1, -0.05) is 6.92 Å². The van der Waals surface area contributed by atoms with E-state index in [1.807, 2.05) is 6.92 Å². The molecule has 1 aliphatic carbocycles. The van der Waals surface area contributed by atoms with Crippen molar-refractivity contribution in [2.24, 2.45) is 11.8 Å². The van der Waals surface area contributed by atoms with Crippen molar-refractivity contribution in [3.63, 3.8) is 0 Å². The fraction of sp³-hybridized carbons (Fsp3) is 0.917. The minimum absolute atomic E-state index is 0.0511. The highest BCUT2D eigenvalue weighted by Gasteiger charge is 2.34. The summed E-state index contributed by atoms with van der Waals surface area (Å²) >= 11 is 0. The van der Waals surface area contributed by atoms with Gasteiger partial charge >= 0.3 is 0 Å². The van der Waals surface area contributed by atoms with E-state index in [1.54, 1.807) is 20.8 Å². The van der Waals surface area contributed by atoms with Gasteiger partial charge in [0.1, 0.15) is 5.78 Å². The van der Waals surface area contributed by atoms with Gasteiger partial charge in [0.15, 0.2) is 9.84 Å². The molecule has 0 saturated heterocycles. The predicted molar refractivity (Wildman–Crippen MR) is 65.1 cm³/mol. The third kappa shape index (κ3) is 2.84. The number of Topliss-reactive ketones (excluding diaryl/α,β-unsaturated/α-hetero) is 1. The molecular weight excluding hydrogens is 224 g/mol. The van der Waals surface area contributed by atoms with E-state index >= 15 is 0 Å². The molecule has 2 unspecified atom stereocenters. The lowest BCUT2D eigenvalue weighted by Crippen LogP contribution is -2.31. The maximum Gasteiger partial charge on any atom is 0.155 e. The first-order valence-corrected chi connectivity index (χ1v) is 7.55. The quantitative estimate of drug-likeness (QED) is 0.767. The molecule has 0 spiro atoms. The third-order valence-electron chi connectivity index (χ3n) is 3.67. The summed E-state index contributed by atoms with van der Waals surface area (Å²) < 4.78 is 23.1. The minimum atomic E-state index is -3.04. The Labute approximate surface area is 98.5 Å². The van der Waals surface area contributed by atoms with Gasteiger partial charge in [-0.2, -0.15) is 0 Å². The monoisotopic (exact) mass is 246 g/mol. The van der Waals surface area contributed by atoms with E-state index in [0.717, 1.165) is 6.42 Å². The van der Waals surface area contributed by atoms with Gasteiger partial charge in [-0.05, 0) is 39.5 Å². The van der Waals surface area contributed by atoms with Crippen LogP contribution in [-0.2, 0) is 14.6 Å². The highest BCUT2D eigenvalue weighted by atomic mass is 32.2.